The monoisotopic (exact) mass is 304 g/mol. The topological polar surface area (TPSA) is 69.8 Å². The molecule has 0 radical (unpaired) electrons. The van der Waals surface area contributed by atoms with E-state index in [1.807, 2.05) is 0 Å². The molecule has 2 aliphatic rings. The highest BCUT2D eigenvalue weighted by Gasteiger charge is 2.26. The quantitative estimate of drug-likeness (QED) is 0.783. The van der Waals surface area contributed by atoms with E-state index in [0.717, 1.165) is 49.5 Å². The molecule has 5 heteroatoms. The molecule has 5 nitrogen and oxygen atoms in total. The van der Waals surface area contributed by atoms with Crippen LogP contribution in [0.5, 0.6) is 0 Å². The van der Waals surface area contributed by atoms with Gasteiger partial charge in [0.15, 0.2) is 5.69 Å². The maximum absolute atomic E-state index is 12.5. The number of H-pyrrole nitrogens is 1. The Labute approximate surface area is 132 Å². The zero-order valence-corrected chi connectivity index (χ0v) is 13.6. The molecule has 0 atom stereocenters. The van der Waals surface area contributed by atoms with Crippen LogP contribution in [0.3, 0.4) is 0 Å². The van der Waals surface area contributed by atoms with Gasteiger partial charge in [-0.3, -0.25) is 9.89 Å². The van der Waals surface area contributed by atoms with Gasteiger partial charge in [0.1, 0.15) is 0 Å². The molecule has 0 unspecified atom stereocenters. The maximum Gasteiger partial charge on any atom is 0.272 e. The van der Waals surface area contributed by atoms with Gasteiger partial charge in [0.25, 0.3) is 5.91 Å². The average molecular weight is 304 g/mol. The molecule has 1 fully saturated rings. The maximum atomic E-state index is 12.5. The van der Waals surface area contributed by atoms with Crippen molar-refractivity contribution in [1.29, 1.82) is 0 Å². The average Bonchev–Trinajstić information content (AvgIpc) is 2.98. The number of aromatic nitrogens is 2. The number of carbonyl (C=O) groups is 1. The number of hydrogen-bond donors (Lipinski definition) is 3. The first-order valence-corrected chi connectivity index (χ1v) is 8.85. The second-order valence-corrected chi connectivity index (χ2v) is 6.79. The number of aromatic amines is 1. The van der Waals surface area contributed by atoms with Crippen molar-refractivity contribution in [1.82, 2.24) is 20.8 Å². The van der Waals surface area contributed by atoms with Crippen LogP contribution >= 0.6 is 0 Å². The third kappa shape index (κ3) is 3.51. The molecule has 3 N–H and O–H groups in total. The van der Waals surface area contributed by atoms with Crippen molar-refractivity contribution in [3.63, 3.8) is 0 Å². The fraction of sp³-hybridized carbons (Fsp3) is 0.765. The van der Waals surface area contributed by atoms with Gasteiger partial charge in [-0.25, -0.2) is 0 Å². The lowest BCUT2D eigenvalue weighted by molar-refractivity contribution is 0.0914. The largest absolute Gasteiger partial charge is 0.348 e. The molecular weight excluding hydrogens is 276 g/mol. The standard InChI is InChI=1S/C17H28N4O/c1-2-3-4-12-5-7-13(8-6-12)19-17(22)16-14-11-18-10-9-15(14)20-21-16/h12-13,18H,2-11H2,1H3,(H,19,22)(H,20,21). The summed E-state index contributed by atoms with van der Waals surface area (Å²) < 4.78 is 0. The fourth-order valence-corrected chi connectivity index (χ4v) is 3.76. The van der Waals surface area contributed by atoms with E-state index in [2.05, 4.69) is 27.8 Å². The molecule has 22 heavy (non-hydrogen) atoms. The summed E-state index contributed by atoms with van der Waals surface area (Å²) in [6.45, 7) is 3.96. The van der Waals surface area contributed by atoms with E-state index in [4.69, 9.17) is 0 Å². The van der Waals surface area contributed by atoms with Gasteiger partial charge < -0.3 is 10.6 Å². The van der Waals surface area contributed by atoms with E-state index < -0.39 is 0 Å². The molecule has 0 aromatic carbocycles. The van der Waals surface area contributed by atoms with Gasteiger partial charge in [0, 0.05) is 36.8 Å². The van der Waals surface area contributed by atoms with Gasteiger partial charge in [0.05, 0.1) is 0 Å². The van der Waals surface area contributed by atoms with Crippen molar-refractivity contribution in [2.45, 2.75) is 70.9 Å². The van der Waals surface area contributed by atoms with Crippen LogP contribution in [-0.2, 0) is 13.0 Å². The Balaban J connectivity index is 1.51. The number of nitrogens with one attached hydrogen (secondary N) is 3. The van der Waals surface area contributed by atoms with Gasteiger partial charge in [-0.2, -0.15) is 5.10 Å². The number of carbonyl (C=O) groups excluding carboxylic acids is 1. The van der Waals surface area contributed by atoms with E-state index in [1.54, 1.807) is 0 Å². The summed E-state index contributed by atoms with van der Waals surface area (Å²) in [7, 11) is 0. The number of amides is 1. The normalized spacial score (nSPS) is 24.8. The van der Waals surface area contributed by atoms with Crippen LogP contribution in [0.4, 0.5) is 0 Å². The minimum Gasteiger partial charge on any atom is -0.348 e. The van der Waals surface area contributed by atoms with Gasteiger partial charge in [-0.05, 0) is 31.6 Å². The molecule has 2 heterocycles. The van der Waals surface area contributed by atoms with E-state index >= 15 is 0 Å². The highest BCUT2D eigenvalue weighted by Crippen LogP contribution is 2.28. The SMILES string of the molecule is CCCCC1CCC(NC(=O)c2n[nH]c3c2CNCC3)CC1. The van der Waals surface area contributed by atoms with Crippen LogP contribution in [0.25, 0.3) is 0 Å². The zero-order valence-electron chi connectivity index (χ0n) is 13.6. The molecule has 1 amide bonds. The third-order valence-electron chi connectivity index (χ3n) is 5.17. The minimum atomic E-state index is -0.00166. The zero-order chi connectivity index (χ0) is 15.4. The molecule has 1 aliphatic carbocycles. The first-order valence-electron chi connectivity index (χ1n) is 8.85. The molecular formula is C17H28N4O. The van der Waals surface area contributed by atoms with Crippen LogP contribution in [-0.4, -0.2) is 28.7 Å². The number of hydrogen-bond acceptors (Lipinski definition) is 3. The lowest BCUT2D eigenvalue weighted by atomic mass is 9.83. The van der Waals surface area contributed by atoms with Gasteiger partial charge in [-0.1, -0.05) is 26.2 Å². The van der Waals surface area contributed by atoms with Crippen LogP contribution in [0.2, 0.25) is 0 Å². The van der Waals surface area contributed by atoms with Crippen LogP contribution in [0.1, 0.15) is 73.6 Å². The summed E-state index contributed by atoms with van der Waals surface area (Å²) in [4.78, 5) is 12.5. The fourth-order valence-electron chi connectivity index (χ4n) is 3.76. The highest BCUT2D eigenvalue weighted by molar-refractivity contribution is 5.94. The lowest BCUT2D eigenvalue weighted by Crippen LogP contribution is -2.38. The Hall–Kier alpha value is -1.36. The molecule has 1 aliphatic heterocycles. The Kier molecular flexibility index (Phi) is 5.13. The van der Waals surface area contributed by atoms with Crippen molar-refractivity contribution in [2.24, 2.45) is 5.92 Å². The summed E-state index contributed by atoms with van der Waals surface area (Å²) in [6, 6.07) is 0.328. The van der Waals surface area contributed by atoms with Crippen molar-refractivity contribution in [3.8, 4) is 0 Å². The summed E-state index contributed by atoms with van der Waals surface area (Å²) >= 11 is 0. The molecule has 1 aromatic rings. The number of unbranched alkanes of at least 4 members (excludes halogenated alkanes) is 1. The van der Waals surface area contributed by atoms with Gasteiger partial charge in [-0.15, -0.1) is 0 Å². The molecule has 0 spiro atoms. The van der Waals surface area contributed by atoms with Crippen molar-refractivity contribution < 1.29 is 4.79 Å². The van der Waals surface area contributed by atoms with E-state index in [0.29, 0.717) is 11.7 Å². The second kappa shape index (κ2) is 7.27. The minimum absolute atomic E-state index is 0.00166. The lowest BCUT2D eigenvalue weighted by Gasteiger charge is -2.29. The van der Waals surface area contributed by atoms with E-state index in [-0.39, 0.29) is 5.91 Å². The van der Waals surface area contributed by atoms with Crippen LogP contribution in [0, 0.1) is 5.92 Å². The molecule has 0 bridgehead atoms. The Bertz CT molecular complexity index is 503. The predicted octanol–water partition coefficient (Wildman–Crippen LogP) is 2.53. The van der Waals surface area contributed by atoms with Gasteiger partial charge in [0.2, 0.25) is 0 Å². The highest BCUT2D eigenvalue weighted by atomic mass is 16.2. The first-order chi connectivity index (χ1) is 10.8. The molecule has 1 saturated carbocycles. The Morgan fingerprint density at radius 2 is 2.14 bits per heavy atom. The molecule has 3 rings (SSSR count). The smallest absolute Gasteiger partial charge is 0.272 e. The first kappa shape index (κ1) is 15.5. The second-order valence-electron chi connectivity index (χ2n) is 6.79. The molecule has 0 saturated heterocycles. The summed E-state index contributed by atoms with van der Waals surface area (Å²) in [5.41, 5.74) is 2.77. The molecule has 1 aromatic heterocycles. The summed E-state index contributed by atoms with van der Waals surface area (Å²) in [6.07, 6.45) is 9.66. The van der Waals surface area contributed by atoms with Crippen molar-refractivity contribution >= 4 is 5.91 Å². The van der Waals surface area contributed by atoms with Crippen LogP contribution in [0.15, 0.2) is 0 Å². The van der Waals surface area contributed by atoms with Crippen molar-refractivity contribution in [2.75, 3.05) is 6.54 Å². The van der Waals surface area contributed by atoms with Gasteiger partial charge >= 0.3 is 0 Å². The number of rotatable bonds is 5. The van der Waals surface area contributed by atoms with E-state index in [1.165, 1.54) is 32.1 Å². The Morgan fingerprint density at radius 3 is 2.91 bits per heavy atom. The third-order valence-corrected chi connectivity index (χ3v) is 5.17. The summed E-state index contributed by atoms with van der Waals surface area (Å²) in [5, 5.41) is 13.8. The summed E-state index contributed by atoms with van der Waals surface area (Å²) in [5.74, 6) is 0.869. The molecule has 122 valence electrons. The van der Waals surface area contributed by atoms with Crippen LogP contribution < -0.4 is 10.6 Å². The van der Waals surface area contributed by atoms with E-state index in [9.17, 15) is 4.79 Å². The Morgan fingerprint density at radius 1 is 1.32 bits per heavy atom. The predicted molar refractivity (Wildman–Crippen MR) is 86.7 cm³/mol. The van der Waals surface area contributed by atoms with Crippen molar-refractivity contribution in [3.05, 3.63) is 17.0 Å². The number of nitrogens with zero attached hydrogens (tertiary/aromatic N) is 1. The number of fused-ring (bicyclic) bond motifs is 1.